The maximum absolute atomic E-state index is 6.14. The fourth-order valence-electron chi connectivity index (χ4n) is 2.37. The molecular weight excluding hydrogens is 242 g/mol. The number of benzene rings is 1. The van der Waals surface area contributed by atoms with E-state index in [0.29, 0.717) is 11.7 Å². The van der Waals surface area contributed by atoms with E-state index in [9.17, 15) is 0 Å². The van der Waals surface area contributed by atoms with Gasteiger partial charge in [0.15, 0.2) is 0 Å². The summed E-state index contributed by atoms with van der Waals surface area (Å²) in [6.45, 7) is 0. The van der Waals surface area contributed by atoms with Crippen molar-refractivity contribution in [2.75, 3.05) is 7.11 Å². The van der Waals surface area contributed by atoms with Gasteiger partial charge in [-0.3, -0.25) is 0 Å². The second kappa shape index (κ2) is 4.75. The van der Waals surface area contributed by atoms with Crippen molar-refractivity contribution in [2.24, 2.45) is 5.73 Å². The Bertz CT molecular complexity index is 543. The minimum absolute atomic E-state index is 0.363. The van der Waals surface area contributed by atoms with Gasteiger partial charge in [-0.2, -0.15) is 4.98 Å². The third-order valence-corrected chi connectivity index (χ3v) is 3.83. The van der Waals surface area contributed by atoms with Crippen molar-refractivity contribution in [2.45, 2.75) is 30.9 Å². The van der Waals surface area contributed by atoms with E-state index in [1.165, 1.54) is 0 Å². The number of hydrogen-bond acceptors (Lipinski definition) is 5. The third kappa shape index (κ3) is 2.05. The highest BCUT2D eigenvalue weighted by molar-refractivity contribution is 5.23. The molecule has 1 saturated carbocycles. The molecule has 0 aliphatic heterocycles. The first kappa shape index (κ1) is 12.3. The van der Waals surface area contributed by atoms with Crippen LogP contribution in [0.1, 0.15) is 42.6 Å². The quantitative estimate of drug-likeness (QED) is 0.910. The zero-order valence-electron chi connectivity index (χ0n) is 10.9. The normalized spacial score (nSPS) is 18.8. The minimum Gasteiger partial charge on any atom is -0.370 e. The van der Waals surface area contributed by atoms with E-state index < -0.39 is 6.04 Å². The monoisotopic (exact) mass is 259 g/mol. The van der Waals surface area contributed by atoms with Crippen LogP contribution in [0.2, 0.25) is 0 Å². The molecule has 1 aliphatic rings. The van der Waals surface area contributed by atoms with Gasteiger partial charge in [0, 0.05) is 7.11 Å². The Hall–Kier alpha value is -1.72. The van der Waals surface area contributed by atoms with Crippen LogP contribution in [0, 0.1) is 0 Å². The molecule has 0 amide bonds. The number of methoxy groups -OCH3 is 1. The predicted molar refractivity (Wildman–Crippen MR) is 69.3 cm³/mol. The SMILES string of the molecule is COC1(c2noc(C(N)c3ccccc3)n2)CCC1. The lowest BCUT2D eigenvalue weighted by atomic mass is 9.79. The van der Waals surface area contributed by atoms with E-state index in [-0.39, 0.29) is 5.60 Å². The first-order valence-electron chi connectivity index (χ1n) is 6.45. The molecule has 1 fully saturated rings. The first-order chi connectivity index (χ1) is 9.25. The van der Waals surface area contributed by atoms with Crippen LogP contribution in [0.3, 0.4) is 0 Å². The van der Waals surface area contributed by atoms with Crippen molar-refractivity contribution in [1.29, 1.82) is 0 Å². The van der Waals surface area contributed by atoms with Crippen molar-refractivity contribution < 1.29 is 9.26 Å². The van der Waals surface area contributed by atoms with Crippen LogP contribution in [0.4, 0.5) is 0 Å². The fourth-order valence-corrected chi connectivity index (χ4v) is 2.37. The Balaban J connectivity index is 1.85. The zero-order chi connectivity index (χ0) is 13.3. The summed E-state index contributed by atoms with van der Waals surface area (Å²) in [5, 5.41) is 4.04. The molecular formula is C14H17N3O2. The Morgan fingerprint density at radius 1 is 1.32 bits per heavy atom. The second-order valence-corrected chi connectivity index (χ2v) is 4.90. The van der Waals surface area contributed by atoms with Crippen molar-refractivity contribution in [1.82, 2.24) is 10.1 Å². The van der Waals surface area contributed by atoms with Crippen molar-refractivity contribution >= 4 is 0 Å². The molecule has 3 rings (SSSR count). The molecule has 1 aliphatic carbocycles. The van der Waals surface area contributed by atoms with Gasteiger partial charge in [0.05, 0.1) is 0 Å². The molecule has 19 heavy (non-hydrogen) atoms. The van der Waals surface area contributed by atoms with Crippen LogP contribution in [0.5, 0.6) is 0 Å². The van der Waals surface area contributed by atoms with Gasteiger partial charge in [-0.1, -0.05) is 35.5 Å². The molecule has 0 bridgehead atoms. The summed E-state index contributed by atoms with van der Waals surface area (Å²) in [5.74, 6) is 1.05. The summed E-state index contributed by atoms with van der Waals surface area (Å²) in [7, 11) is 1.69. The Labute approximate surface area is 111 Å². The highest BCUT2D eigenvalue weighted by Crippen LogP contribution is 2.42. The molecule has 1 unspecified atom stereocenters. The van der Waals surface area contributed by atoms with Gasteiger partial charge in [-0.25, -0.2) is 0 Å². The average molecular weight is 259 g/mol. The molecule has 0 spiro atoms. The van der Waals surface area contributed by atoms with Crippen molar-refractivity contribution in [3.05, 3.63) is 47.6 Å². The van der Waals surface area contributed by atoms with Gasteiger partial charge in [0.25, 0.3) is 0 Å². The molecule has 1 aromatic carbocycles. The fraction of sp³-hybridized carbons (Fsp3) is 0.429. The topological polar surface area (TPSA) is 74.2 Å². The zero-order valence-corrected chi connectivity index (χ0v) is 10.9. The average Bonchev–Trinajstić information content (AvgIpc) is 2.88. The lowest BCUT2D eigenvalue weighted by Crippen LogP contribution is -2.37. The summed E-state index contributed by atoms with van der Waals surface area (Å²) < 4.78 is 10.8. The highest BCUT2D eigenvalue weighted by Gasteiger charge is 2.43. The predicted octanol–water partition coefficient (Wildman–Crippen LogP) is 2.14. The lowest BCUT2D eigenvalue weighted by Gasteiger charge is -2.37. The second-order valence-electron chi connectivity index (χ2n) is 4.90. The van der Waals surface area contributed by atoms with Gasteiger partial charge >= 0.3 is 0 Å². The smallest absolute Gasteiger partial charge is 0.248 e. The molecule has 5 heteroatoms. The number of ether oxygens (including phenoxy) is 1. The number of hydrogen-bond donors (Lipinski definition) is 1. The largest absolute Gasteiger partial charge is 0.370 e. The molecule has 2 N–H and O–H groups in total. The van der Waals surface area contributed by atoms with Crippen LogP contribution in [-0.2, 0) is 10.3 Å². The summed E-state index contributed by atoms with van der Waals surface area (Å²) in [6.07, 6.45) is 2.99. The van der Waals surface area contributed by atoms with E-state index in [4.69, 9.17) is 15.0 Å². The molecule has 1 atom stereocenters. The van der Waals surface area contributed by atoms with Crippen molar-refractivity contribution in [3.63, 3.8) is 0 Å². The Kier molecular flexibility index (Phi) is 3.08. The highest BCUT2D eigenvalue weighted by atomic mass is 16.5. The van der Waals surface area contributed by atoms with Gasteiger partial charge in [-0.05, 0) is 24.8 Å². The molecule has 5 nitrogen and oxygen atoms in total. The maximum Gasteiger partial charge on any atom is 0.248 e. The molecule has 2 aromatic rings. The molecule has 100 valence electrons. The number of aromatic nitrogens is 2. The van der Waals surface area contributed by atoms with Crippen LogP contribution in [-0.4, -0.2) is 17.3 Å². The van der Waals surface area contributed by atoms with Gasteiger partial charge < -0.3 is 15.0 Å². The maximum atomic E-state index is 6.14. The number of rotatable bonds is 4. The molecule has 0 saturated heterocycles. The molecule has 1 heterocycles. The van der Waals surface area contributed by atoms with E-state index in [0.717, 1.165) is 24.8 Å². The van der Waals surface area contributed by atoms with E-state index >= 15 is 0 Å². The van der Waals surface area contributed by atoms with Crippen molar-refractivity contribution in [3.8, 4) is 0 Å². The minimum atomic E-state index is -0.392. The lowest BCUT2D eigenvalue weighted by molar-refractivity contribution is -0.0858. The molecule has 0 radical (unpaired) electrons. The van der Waals surface area contributed by atoms with Crippen LogP contribution in [0.25, 0.3) is 0 Å². The van der Waals surface area contributed by atoms with E-state index in [1.807, 2.05) is 30.3 Å². The number of nitrogens with zero attached hydrogens (tertiary/aromatic N) is 2. The van der Waals surface area contributed by atoms with Gasteiger partial charge in [-0.15, -0.1) is 0 Å². The van der Waals surface area contributed by atoms with Crippen LogP contribution >= 0.6 is 0 Å². The number of nitrogens with two attached hydrogens (primary N) is 1. The first-order valence-corrected chi connectivity index (χ1v) is 6.45. The van der Waals surface area contributed by atoms with E-state index in [1.54, 1.807) is 7.11 Å². The third-order valence-electron chi connectivity index (χ3n) is 3.83. The summed E-state index contributed by atoms with van der Waals surface area (Å²) >= 11 is 0. The summed E-state index contributed by atoms with van der Waals surface area (Å²) in [6, 6.07) is 9.33. The van der Waals surface area contributed by atoms with Crippen LogP contribution in [0.15, 0.2) is 34.9 Å². The van der Waals surface area contributed by atoms with E-state index in [2.05, 4.69) is 10.1 Å². The van der Waals surface area contributed by atoms with Gasteiger partial charge in [0.2, 0.25) is 11.7 Å². The molecule has 1 aromatic heterocycles. The Morgan fingerprint density at radius 2 is 2.05 bits per heavy atom. The summed E-state index contributed by atoms with van der Waals surface area (Å²) in [5.41, 5.74) is 6.73. The summed E-state index contributed by atoms with van der Waals surface area (Å²) in [4.78, 5) is 4.42. The Morgan fingerprint density at radius 3 is 2.63 bits per heavy atom. The van der Waals surface area contributed by atoms with Gasteiger partial charge in [0.1, 0.15) is 11.6 Å². The van der Waals surface area contributed by atoms with Crippen LogP contribution < -0.4 is 5.73 Å². The standard InChI is InChI=1S/C14H17N3O2/c1-18-14(8-5-9-14)13-16-12(19-17-13)11(15)10-6-3-2-4-7-10/h2-4,6-7,11H,5,8-9,15H2,1H3.